The molecule has 2 aliphatic rings. The van der Waals surface area contributed by atoms with Crippen molar-refractivity contribution in [1.82, 2.24) is 20.4 Å². The zero-order valence-corrected chi connectivity index (χ0v) is 15.1. The molecule has 0 aromatic carbocycles. The van der Waals surface area contributed by atoms with Crippen molar-refractivity contribution < 1.29 is 4.79 Å². The fraction of sp³-hybridized carbons (Fsp3) is 0.778. The number of hydrogen-bond donors (Lipinski definition) is 2. The highest BCUT2D eigenvalue weighted by Crippen LogP contribution is 2.29. The Morgan fingerprint density at radius 1 is 1.29 bits per heavy atom. The van der Waals surface area contributed by atoms with Gasteiger partial charge in [0.25, 0.3) is 0 Å². The first-order chi connectivity index (χ1) is 11.7. The summed E-state index contributed by atoms with van der Waals surface area (Å²) in [6, 6.07) is 2.20. The number of nitrogens with zero attached hydrogens (tertiary/aromatic N) is 3. The second kappa shape index (κ2) is 8.01. The SMILES string of the molecule is CCC(CC)C(=O)N1CCCC(c2cc(N3CCNCC3)n[nH]2)C1. The van der Waals surface area contributed by atoms with Gasteiger partial charge in [0.1, 0.15) is 0 Å². The lowest BCUT2D eigenvalue weighted by Crippen LogP contribution is -2.43. The van der Waals surface area contributed by atoms with Crippen LogP contribution in [0.1, 0.15) is 51.1 Å². The number of H-pyrrole nitrogens is 1. The molecule has 1 atom stereocenters. The fourth-order valence-corrected chi connectivity index (χ4v) is 3.92. The molecule has 1 aromatic rings. The van der Waals surface area contributed by atoms with Gasteiger partial charge in [0.15, 0.2) is 5.82 Å². The number of hydrogen-bond acceptors (Lipinski definition) is 4. The van der Waals surface area contributed by atoms with Crippen LogP contribution < -0.4 is 10.2 Å². The number of aromatic amines is 1. The second-order valence-electron chi connectivity index (χ2n) is 7.06. The van der Waals surface area contributed by atoms with E-state index in [1.807, 2.05) is 0 Å². The molecule has 1 unspecified atom stereocenters. The van der Waals surface area contributed by atoms with Gasteiger partial charge in [-0.15, -0.1) is 0 Å². The van der Waals surface area contributed by atoms with Crippen molar-refractivity contribution in [3.05, 3.63) is 11.8 Å². The smallest absolute Gasteiger partial charge is 0.225 e. The lowest BCUT2D eigenvalue weighted by atomic mass is 9.92. The molecule has 2 aliphatic heterocycles. The highest BCUT2D eigenvalue weighted by atomic mass is 16.2. The van der Waals surface area contributed by atoms with E-state index in [1.54, 1.807) is 0 Å². The minimum atomic E-state index is 0.182. The topological polar surface area (TPSA) is 64.3 Å². The van der Waals surface area contributed by atoms with Gasteiger partial charge in [-0.25, -0.2) is 0 Å². The first-order valence-electron chi connectivity index (χ1n) is 9.52. The van der Waals surface area contributed by atoms with Crippen LogP contribution in [-0.4, -0.2) is 60.3 Å². The van der Waals surface area contributed by atoms with Crippen molar-refractivity contribution in [2.75, 3.05) is 44.2 Å². The number of piperazine rings is 1. The third-order valence-electron chi connectivity index (χ3n) is 5.53. The summed E-state index contributed by atoms with van der Waals surface area (Å²) in [5, 5.41) is 11.1. The van der Waals surface area contributed by atoms with E-state index in [0.29, 0.717) is 11.8 Å². The van der Waals surface area contributed by atoms with Gasteiger partial charge in [-0.1, -0.05) is 13.8 Å². The van der Waals surface area contributed by atoms with Crippen LogP contribution in [0.5, 0.6) is 0 Å². The minimum Gasteiger partial charge on any atom is -0.353 e. The van der Waals surface area contributed by atoms with Crippen molar-refractivity contribution in [2.24, 2.45) is 5.92 Å². The van der Waals surface area contributed by atoms with Gasteiger partial charge in [0, 0.05) is 62.9 Å². The second-order valence-corrected chi connectivity index (χ2v) is 7.06. The van der Waals surface area contributed by atoms with E-state index in [0.717, 1.165) is 70.8 Å². The third kappa shape index (κ3) is 3.74. The number of aromatic nitrogens is 2. The molecule has 1 aromatic heterocycles. The summed E-state index contributed by atoms with van der Waals surface area (Å²) in [6.45, 7) is 10.0. The Hall–Kier alpha value is -1.56. The average molecular weight is 333 g/mol. The highest BCUT2D eigenvalue weighted by molar-refractivity contribution is 5.79. The van der Waals surface area contributed by atoms with Crippen LogP contribution in [0.2, 0.25) is 0 Å². The summed E-state index contributed by atoms with van der Waals surface area (Å²) in [4.78, 5) is 17.1. The molecule has 6 heteroatoms. The molecule has 0 spiro atoms. The van der Waals surface area contributed by atoms with Crippen molar-refractivity contribution in [3.63, 3.8) is 0 Å². The number of anilines is 1. The molecule has 3 rings (SSSR count). The average Bonchev–Trinajstić information content (AvgIpc) is 3.14. The third-order valence-corrected chi connectivity index (χ3v) is 5.53. The summed E-state index contributed by atoms with van der Waals surface area (Å²) in [5.41, 5.74) is 1.19. The lowest BCUT2D eigenvalue weighted by molar-refractivity contribution is -0.137. The highest BCUT2D eigenvalue weighted by Gasteiger charge is 2.29. The molecule has 6 nitrogen and oxygen atoms in total. The Balaban J connectivity index is 1.64. The maximum Gasteiger partial charge on any atom is 0.225 e. The predicted octanol–water partition coefficient (Wildman–Crippen LogP) is 1.96. The van der Waals surface area contributed by atoms with Crippen molar-refractivity contribution in [2.45, 2.75) is 45.4 Å². The molecule has 1 amide bonds. The Morgan fingerprint density at radius 3 is 2.75 bits per heavy atom. The number of amides is 1. The van der Waals surface area contributed by atoms with Crippen molar-refractivity contribution in [3.8, 4) is 0 Å². The van der Waals surface area contributed by atoms with Crippen LogP contribution in [-0.2, 0) is 4.79 Å². The minimum absolute atomic E-state index is 0.182. The van der Waals surface area contributed by atoms with E-state index in [9.17, 15) is 4.79 Å². The monoisotopic (exact) mass is 333 g/mol. The molecular weight excluding hydrogens is 302 g/mol. The molecule has 0 bridgehead atoms. The number of carbonyl (C=O) groups excluding carboxylic acids is 1. The van der Waals surface area contributed by atoms with Gasteiger partial charge in [-0.3, -0.25) is 9.89 Å². The number of rotatable bonds is 5. The van der Waals surface area contributed by atoms with Crippen LogP contribution in [0.15, 0.2) is 6.07 Å². The van der Waals surface area contributed by atoms with Gasteiger partial charge in [-0.05, 0) is 25.7 Å². The molecule has 0 saturated carbocycles. The maximum absolute atomic E-state index is 12.7. The predicted molar refractivity (Wildman–Crippen MR) is 96.3 cm³/mol. The largest absolute Gasteiger partial charge is 0.353 e. The van der Waals surface area contributed by atoms with E-state index in [-0.39, 0.29) is 5.92 Å². The number of nitrogens with one attached hydrogen (secondary N) is 2. The van der Waals surface area contributed by atoms with E-state index < -0.39 is 0 Å². The van der Waals surface area contributed by atoms with Gasteiger partial charge in [0.2, 0.25) is 5.91 Å². The molecule has 3 heterocycles. The van der Waals surface area contributed by atoms with Gasteiger partial charge < -0.3 is 15.1 Å². The maximum atomic E-state index is 12.7. The molecular formula is C18H31N5O. The van der Waals surface area contributed by atoms with Gasteiger partial charge in [0.05, 0.1) is 0 Å². The molecule has 2 fully saturated rings. The molecule has 0 aliphatic carbocycles. The molecule has 0 radical (unpaired) electrons. The van der Waals surface area contributed by atoms with E-state index >= 15 is 0 Å². The van der Waals surface area contributed by atoms with Crippen LogP contribution in [0.3, 0.4) is 0 Å². The Morgan fingerprint density at radius 2 is 2.04 bits per heavy atom. The number of piperidine rings is 1. The molecule has 134 valence electrons. The summed E-state index contributed by atoms with van der Waals surface area (Å²) >= 11 is 0. The van der Waals surface area contributed by atoms with Crippen LogP contribution in [0, 0.1) is 5.92 Å². The van der Waals surface area contributed by atoms with Crippen LogP contribution in [0.4, 0.5) is 5.82 Å². The lowest BCUT2D eigenvalue weighted by Gasteiger charge is -2.34. The zero-order chi connectivity index (χ0) is 16.9. The Kier molecular flexibility index (Phi) is 5.76. The van der Waals surface area contributed by atoms with Crippen LogP contribution in [0.25, 0.3) is 0 Å². The zero-order valence-electron chi connectivity index (χ0n) is 15.1. The van der Waals surface area contributed by atoms with Crippen LogP contribution >= 0.6 is 0 Å². The first-order valence-corrected chi connectivity index (χ1v) is 9.52. The normalized spacial score (nSPS) is 22.2. The quantitative estimate of drug-likeness (QED) is 0.865. The number of likely N-dealkylation sites (tertiary alicyclic amines) is 1. The van der Waals surface area contributed by atoms with Crippen molar-refractivity contribution in [1.29, 1.82) is 0 Å². The molecule has 2 N–H and O–H groups in total. The van der Waals surface area contributed by atoms with Crippen molar-refractivity contribution >= 4 is 11.7 Å². The Bertz CT molecular complexity index is 533. The summed E-state index contributed by atoms with van der Waals surface area (Å²) in [6.07, 6.45) is 4.09. The summed E-state index contributed by atoms with van der Waals surface area (Å²) < 4.78 is 0. The molecule has 24 heavy (non-hydrogen) atoms. The molecule has 2 saturated heterocycles. The summed E-state index contributed by atoms with van der Waals surface area (Å²) in [7, 11) is 0. The fourth-order valence-electron chi connectivity index (χ4n) is 3.92. The van der Waals surface area contributed by atoms with E-state index in [1.165, 1.54) is 5.69 Å². The van der Waals surface area contributed by atoms with Gasteiger partial charge >= 0.3 is 0 Å². The number of carbonyl (C=O) groups is 1. The van der Waals surface area contributed by atoms with E-state index in [4.69, 9.17) is 0 Å². The standard InChI is InChI=1S/C18H31N5O/c1-3-14(4-2)18(24)23-9-5-6-15(13-23)16-12-17(21-20-16)22-10-7-19-8-11-22/h12,14-15,19H,3-11,13H2,1-2H3,(H,20,21). The van der Waals surface area contributed by atoms with Gasteiger partial charge in [-0.2, -0.15) is 5.10 Å². The Labute approximate surface area is 145 Å². The first kappa shape index (κ1) is 17.3. The summed E-state index contributed by atoms with van der Waals surface area (Å²) in [5.74, 6) is 1.96. The van der Waals surface area contributed by atoms with E-state index in [2.05, 4.69) is 45.2 Å².